The fourth-order valence-electron chi connectivity index (χ4n) is 1.90. The van der Waals surface area contributed by atoms with E-state index in [0.717, 1.165) is 36.5 Å². The third-order valence-corrected chi connectivity index (χ3v) is 3.10. The van der Waals surface area contributed by atoms with Gasteiger partial charge in [-0.1, -0.05) is 32.1 Å². The third-order valence-electron chi connectivity index (χ3n) is 3.10. The van der Waals surface area contributed by atoms with Crippen LogP contribution in [0, 0.1) is 0 Å². The van der Waals surface area contributed by atoms with E-state index in [1.54, 1.807) is 0 Å². The molecule has 0 aliphatic rings. The Hall–Kier alpha value is -1.48. The number of rotatable bonds is 10. The van der Waals surface area contributed by atoms with E-state index in [-0.39, 0.29) is 6.04 Å². The maximum Gasteiger partial charge on any atom is 0.161 e. The topological polar surface area (TPSA) is 30.5 Å². The zero-order chi connectivity index (χ0) is 15.7. The van der Waals surface area contributed by atoms with Crippen LogP contribution in [0.3, 0.4) is 0 Å². The first-order chi connectivity index (χ1) is 10.1. The molecule has 3 heteroatoms. The van der Waals surface area contributed by atoms with Crippen molar-refractivity contribution in [3.8, 4) is 11.5 Å². The van der Waals surface area contributed by atoms with Crippen molar-refractivity contribution in [2.75, 3.05) is 19.8 Å². The highest BCUT2D eigenvalue weighted by atomic mass is 16.5. The second-order valence-electron chi connectivity index (χ2n) is 5.46. The second kappa shape index (κ2) is 9.46. The van der Waals surface area contributed by atoms with Gasteiger partial charge in [0.1, 0.15) is 0 Å². The molecule has 0 saturated carbocycles. The Morgan fingerprint density at radius 1 is 1.14 bits per heavy atom. The minimum Gasteiger partial charge on any atom is -0.490 e. The highest BCUT2D eigenvalue weighted by Crippen LogP contribution is 2.31. The van der Waals surface area contributed by atoms with Crippen LogP contribution in [-0.2, 0) is 0 Å². The Kier molecular flexibility index (Phi) is 7.91. The molecule has 0 spiro atoms. The first kappa shape index (κ1) is 17.6. The number of nitrogens with one attached hydrogen (secondary N) is 1. The van der Waals surface area contributed by atoms with E-state index < -0.39 is 0 Å². The first-order valence-corrected chi connectivity index (χ1v) is 7.85. The predicted octanol–water partition coefficient (Wildman–Crippen LogP) is 4.49. The summed E-state index contributed by atoms with van der Waals surface area (Å²) in [7, 11) is 0. The van der Waals surface area contributed by atoms with Gasteiger partial charge >= 0.3 is 0 Å². The maximum atomic E-state index is 5.83. The molecule has 0 fully saturated rings. The minimum atomic E-state index is 0.255. The molecule has 1 unspecified atom stereocenters. The summed E-state index contributed by atoms with van der Waals surface area (Å²) in [4.78, 5) is 0. The summed E-state index contributed by atoms with van der Waals surface area (Å²) in [5.41, 5.74) is 2.33. The molecule has 0 saturated heterocycles. The van der Waals surface area contributed by atoms with Gasteiger partial charge in [-0.3, -0.25) is 0 Å². The van der Waals surface area contributed by atoms with Crippen molar-refractivity contribution in [3.05, 3.63) is 35.9 Å². The van der Waals surface area contributed by atoms with E-state index in [0.29, 0.717) is 13.2 Å². The zero-order valence-electron chi connectivity index (χ0n) is 13.9. The lowest BCUT2D eigenvalue weighted by atomic mass is 10.1. The van der Waals surface area contributed by atoms with Crippen LogP contribution in [-0.4, -0.2) is 19.8 Å². The van der Waals surface area contributed by atoms with E-state index in [1.165, 1.54) is 5.56 Å². The van der Waals surface area contributed by atoms with Gasteiger partial charge < -0.3 is 14.8 Å². The quantitative estimate of drug-likeness (QED) is 0.644. The van der Waals surface area contributed by atoms with E-state index in [9.17, 15) is 0 Å². The number of benzene rings is 1. The lowest BCUT2D eigenvalue weighted by Crippen LogP contribution is -2.20. The van der Waals surface area contributed by atoms with E-state index in [4.69, 9.17) is 9.47 Å². The molecule has 3 nitrogen and oxygen atoms in total. The van der Waals surface area contributed by atoms with Crippen LogP contribution in [0.15, 0.2) is 30.4 Å². The molecular weight excluding hydrogens is 262 g/mol. The maximum absolute atomic E-state index is 5.83. The molecule has 0 aromatic heterocycles. The van der Waals surface area contributed by atoms with Gasteiger partial charge in [0.15, 0.2) is 11.5 Å². The lowest BCUT2D eigenvalue weighted by molar-refractivity contribution is 0.268. The second-order valence-corrected chi connectivity index (χ2v) is 5.46. The fourth-order valence-corrected chi connectivity index (χ4v) is 1.90. The summed E-state index contributed by atoms with van der Waals surface area (Å²) in [6.07, 6.45) is 1.98. The molecule has 1 aromatic rings. The molecule has 21 heavy (non-hydrogen) atoms. The Labute approximate surface area is 129 Å². The van der Waals surface area contributed by atoms with E-state index in [1.807, 2.05) is 13.0 Å². The van der Waals surface area contributed by atoms with Gasteiger partial charge in [-0.2, -0.15) is 0 Å². The van der Waals surface area contributed by atoms with Crippen molar-refractivity contribution in [3.63, 3.8) is 0 Å². The molecule has 0 radical (unpaired) electrons. The molecule has 0 aliphatic carbocycles. The summed E-state index contributed by atoms with van der Waals surface area (Å²) in [6, 6.07) is 6.44. The highest BCUT2D eigenvalue weighted by Gasteiger charge is 2.11. The Bertz CT molecular complexity index is 443. The van der Waals surface area contributed by atoms with E-state index in [2.05, 4.69) is 44.8 Å². The number of hydrogen-bond acceptors (Lipinski definition) is 3. The van der Waals surface area contributed by atoms with Crippen LogP contribution in [0.25, 0.3) is 0 Å². The summed E-state index contributed by atoms with van der Waals surface area (Å²) in [5, 5.41) is 3.45. The first-order valence-electron chi connectivity index (χ1n) is 7.85. The van der Waals surface area contributed by atoms with E-state index >= 15 is 0 Å². The van der Waals surface area contributed by atoms with Gasteiger partial charge in [0.2, 0.25) is 0 Å². The Morgan fingerprint density at radius 3 is 2.33 bits per heavy atom. The Balaban J connectivity index is 2.83. The monoisotopic (exact) mass is 291 g/mol. The average molecular weight is 291 g/mol. The molecule has 0 aliphatic heterocycles. The summed E-state index contributed by atoms with van der Waals surface area (Å²) >= 11 is 0. The SMILES string of the molecule is C=C(C)CNC(C)c1ccc(OCCC)c(OCCC)c1. The largest absolute Gasteiger partial charge is 0.490 e. The summed E-state index contributed by atoms with van der Waals surface area (Å²) < 4.78 is 11.6. The molecule has 1 rings (SSSR count). The lowest BCUT2D eigenvalue weighted by Gasteiger charge is -2.18. The smallest absolute Gasteiger partial charge is 0.161 e. The molecule has 0 amide bonds. The van der Waals surface area contributed by atoms with Crippen LogP contribution in [0.1, 0.15) is 52.1 Å². The van der Waals surface area contributed by atoms with Gasteiger partial charge in [0, 0.05) is 12.6 Å². The van der Waals surface area contributed by atoms with Crippen molar-refractivity contribution in [2.24, 2.45) is 0 Å². The van der Waals surface area contributed by atoms with Crippen molar-refractivity contribution in [1.82, 2.24) is 5.32 Å². The number of ether oxygens (including phenoxy) is 2. The molecule has 118 valence electrons. The van der Waals surface area contributed by atoms with Gasteiger partial charge in [0.05, 0.1) is 13.2 Å². The van der Waals surface area contributed by atoms with Gasteiger partial charge in [-0.15, -0.1) is 0 Å². The van der Waals surface area contributed by atoms with Crippen LogP contribution >= 0.6 is 0 Å². The zero-order valence-corrected chi connectivity index (χ0v) is 13.9. The van der Waals surface area contributed by atoms with Gasteiger partial charge in [-0.05, 0) is 44.4 Å². The van der Waals surface area contributed by atoms with Crippen LogP contribution in [0.5, 0.6) is 11.5 Å². The molecular formula is C18H29NO2. The molecule has 1 aromatic carbocycles. The van der Waals surface area contributed by atoms with Crippen LogP contribution in [0.2, 0.25) is 0 Å². The van der Waals surface area contributed by atoms with Crippen LogP contribution in [0.4, 0.5) is 0 Å². The molecule has 1 atom stereocenters. The molecule has 0 bridgehead atoms. The third kappa shape index (κ3) is 6.21. The van der Waals surface area contributed by atoms with Crippen molar-refractivity contribution < 1.29 is 9.47 Å². The van der Waals surface area contributed by atoms with Crippen molar-refractivity contribution >= 4 is 0 Å². The molecule has 0 heterocycles. The standard InChI is InChI=1S/C18H29NO2/c1-6-10-20-17-9-8-16(12-18(17)21-11-7-2)15(5)19-13-14(3)4/h8-9,12,15,19H,3,6-7,10-11,13H2,1-2,4-5H3. The number of hydrogen-bond donors (Lipinski definition) is 1. The van der Waals surface area contributed by atoms with Gasteiger partial charge in [-0.25, -0.2) is 0 Å². The summed E-state index contributed by atoms with van der Waals surface area (Å²) in [6.45, 7) is 14.5. The van der Waals surface area contributed by atoms with Crippen LogP contribution < -0.4 is 14.8 Å². The average Bonchev–Trinajstić information content (AvgIpc) is 2.48. The predicted molar refractivity (Wildman–Crippen MR) is 89.2 cm³/mol. The Morgan fingerprint density at radius 2 is 1.76 bits per heavy atom. The summed E-state index contributed by atoms with van der Waals surface area (Å²) in [5.74, 6) is 1.67. The van der Waals surface area contributed by atoms with Crippen molar-refractivity contribution in [1.29, 1.82) is 0 Å². The normalized spacial score (nSPS) is 12.0. The molecule has 1 N–H and O–H groups in total. The highest BCUT2D eigenvalue weighted by molar-refractivity contribution is 5.44. The van der Waals surface area contributed by atoms with Gasteiger partial charge in [0.25, 0.3) is 0 Å². The van der Waals surface area contributed by atoms with Crippen molar-refractivity contribution in [2.45, 2.75) is 46.6 Å². The minimum absolute atomic E-state index is 0.255. The fraction of sp³-hybridized carbons (Fsp3) is 0.556.